The van der Waals surface area contributed by atoms with Gasteiger partial charge in [0, 0.05) is 16.8 Å². The number of nitrogens with zero attached hydrogens (tertiary/aromatic N) is 2. The number of carboxylic acid groups (broad SMARTS) is 1. The molecule has 0 radical (unpaired) electrons. The number of hydrogen-bond acceptors (Lipinski definition) is 5. The lowest BCUT2D eigenvalue weighted by Crippen LogP contribution is -2.49. The number of amides is 2. The van der Waals surface area contributed by atoms with E-state index in [4.69, 9.17) is 0 Å². The van der Waals surface area contributed by atoms with E-state index < -0.39 is 12.0 Å². The third-order valence-corrected chi connectivity index (χ3v) is 5.50. The number of carboxylic acids is 1. The normalized spacial score (nSPS) is 21.5. The molecule has 1 aliphatic rings. The van der Waals surface area contributed by atoms with Crippen LogP contribution in [0.2, 0.25) is 0 Å². The second-order valence-corrected chi connectivity index (χ2v) is 7.37. The van der Waals surface area contributed by atoms with Crippen molar-refractivity contribution in [2.24, 2.45) is 0 Å². The predicted octanol–water partition coefficient (Wildman–Crippen LogP) is 2.29. The number of aromatic nitrogens is 1. The Labute approximate surface area is 131 Å². The summed E-state index contributed by atoms with van der Waals surface area (Å²) in [5.74, 6) is -0.488. The monoisotopic (exact) mass is 329 g/mol. The van der Waals surface area contributed by atoms with Gasteiger partial charge in [-0.1, -0.05) is 13.3 Å². The molecule has 1 aromatic heterocycles. The zero-order valence-corrected chi connectivity index (χ0v) is 13.7. The Kier molecular flexibility index (Phi) is 5.46. The Morgan fingerprint density at radius 1 is 1.57 bits per heavy atom. The molecule has 6 nitrogen and oxygen atoms in total. The smallest absolute Gasteiger partial charge is 0.327 e. The third-order valence-electron chi connectivity index (χ3n) is 3.23. The van der Waals surface area contributed by atoms with E-state index >= 15 is 0 Å². The first-order chi connectivity index (χ1) is 10.0. The van der Waals surface area contributed by atoms with Crippen LogP contribution >= 0.6 is 23.1 Å². The molecule has 1 fully saturated rings. The summed E-state index contributed by atoms with van der Waals surface area (Å²) >= 11 is 3.06. The molecule has 116 valence electrons. The maximum Gasteiger partial charge on any atom is 0.327 e. The van der Waals surface area contributed by atoms with Gasteiger partial charge in [-0.2, -0.15) is 0 Å². The van der Waals surface area contributed by atoms with E-state index in [9.17, 15) is 14.7 Å². The molecule has 0 bridgehead atoms. The highest BCUT2D eigenvalue weighted by Crippen LogP contribution is 2.32. The summed E-state index contributed by atoms with van der Waals surface area (Å²) in [5.41, 5.74) is 0. The quantitative estimate of drug-likeness (QED) is 0.866. The van der Waals surface area contributed by atoms with Gasteiger partial charge in [-0.15, -0.1) is 23.1 Å². The summed E-state index contributed by atoms with van der Waals surface area (Å²) in [6.07, 6.45) is 3.46. The number of aryl methyl sites for hydroxylation is 1. The average Bonchev–Trinajstić information content (AvgIpc) is 3.03. The standard InChI is InChI=1S/C13H19N3O3S2/c1-3-4-11-16(10(7-20-11)12(17)18)13(19)15-6-9-5-14-8(2)21-9/h5,10-11H,3-4,6-7H2,1-2H3,(H,15,19)(H,17,18). The second kappa shape index (κ2) is 7.13. The largest absolute Gasteiger partial charge is 0.480 e. The molecule has 0 aliphatic carbocycles. The van der Waals surface area contributed by atoms with Crippen LogP contribution in [-0.4, -0.2) is 44.2 Å². The molecular formula is C13H19N3O3S2. The minimum absolute atomic E-state index is 0.0562. The lowest BCUT2D eigenvalue weighted by molar-refractivity contribution is -0.141. The van der Waals surface area contributed by atoms with Crippen LogP contribution in [0, 0.1) is 6.92 Å². The molecule has 8 heteroatoms. The fraction of sp³-hybridized carbons (Fsp3) is 0.615. The van der Waals surface area contributed by atoms with Gasteiger partial charge < -0.3 is 10.4 Å². The highest BCUT2D eigenvalue weighted by Gasteiger charge is 2.41. The van der Waals surface area contributed by atoms with E-state index in [1.54, 1.807) is 18.0 Å². The first-order valence-corrected chi connectivity index (χ1v) is 8.71. The Bertz CT molecular complexity index is 521. The summed E-state index contributed by atoms with van der Waals surface area (Å²) < 4.78 is 0. The van der Waals surface area contributed by atoms with Gasteiger partial charge in [0.1, 0.15) is 6.04 Å². The summed E-state index contributed by atoms with van der Waals surface area (Å²) in [5, 5.41) is 13.0. The third kappa shape index (κ3) is 3.88. The number of aliphatic carboxylic acids is 1. The molecule has 2 rings (SSSR count). The van der Waals surface area contributed by atoms with Crippen LogP contribution in [0.25, 0.3) is 0 Å². The van der Waals surface area contributed by atoms with Crippen molar-refractivity contribution in [3.63, 3.8) is 0 Å². The van der Waals surface area contributed by atoms with Crippen LogP contribution in [0.15, 0.2) is 6.20 Å². The van der Waals surface area contributed by atoms with E-state index in [2.05, 4.69) is 10.3 Å². The van der Waals surface area contributed by atoms with Gasteiger partial charge in [0.2, 0.25) is 0 Å². The van der Waals surface area contributed by atoms with Crippen LogP contribution in [0.1, 0.15) is 29.7 Å². The van der Waals surface area contributed by atoms with Crippen molar-refractivity contribution in [3.05, 3.63) is 16.1 Å². The number of nitrogens with one attached hydrogen (secondary N) is 1. The molecule has 2 atom stereocenters. The molecule has 2 heterocycles. The van der Waals surface area contributed by atoms with E-state index in [1.807, 2.05) is 13.8 Å². The van der Waals surface area contributed by atoms with Gasteiger partial charge in [0.05, 0.1) is 16.9 Å². The Balaban J connectivity index is 2.00. The molecule has 0 spiro atoms. The lowest BCUT2D eigenvalue weighted by Gasteiger charge is -2.27. The first kappa shape index (κ1) is 16.1. The molecule has 2 N–H and O–H groups in total. The van der Waals surface area contributed by atoms with Crippen molar-refractivity contribution >= 4 is 35.1 Å². The van der Waals surface area contributed by atoms with E-state index in [0.29, 0.717) is 12.3 Å². The van der Waals surface area contributed by atoms with Crippen molar-refractivity contribution in [3.8, 4) is 0 Å². The van der Waals surface area contributed by atoms with E-state index in [-0.39, 0.29) is 11.4 Å². The summed E-state index contributed by atoms with van der Waals surface area (Å²) in [7, 11) is 0. The number of carbonyl (C=O) groups excluding carboxylic acids is 1. The molecule has 1 saturated heterocycles. The Hall–Kier alpha value is -1.28. The van der Waals surface area contributed by atoms with Gasteiger partial charge in [0.25, 0.3) is 0 Å². The van der Waals surface area contributed by atoms with Crippen molar-refractivity contribution in [2.45, 2.75) is 44.6 Å². The zero-order chi connectivity index (χ0) is 15.4. The van der Waals surface area contributed by atoms with Crippen molar-refractivity contribution in [1.82, 2.24) is 15.2 Å². The zero-order valence-electron chi connectivity index (χ0n) is 12.0. The lowest BCUT2D eigenvalue weighted by atomic mass is 10.2. The van der Waals surface area contributed by atoms with Crippen molar-refractivity contribution in [1.29, 1.82) is 0 Å². The molecule has 0 saturated carbocycles. The van der Waals surface area contributed by atoms with Gasteiger partial charge in [-0.3, -0.25) is 4.90 Å². The molecule has 1 aliphatic heterocycles. The van der Waals surface area contributed by atoms with E-state index in [0.717, 1.165) is 22.7 Å². The van der Waals surface area contributed by atoms with E-state index in [1.165, 1.54) is 16.2 Å². The van der Waals surface area contributed by atoms with Crippen molar-refractivity contribution in [2.75, 3.05) is 5.75 Å². The summed E-state index contributed by atoms with van der Waals surface area (Å²) in [4.78, 5) is 30.2. The maximum absolute atomic E-state index is 12.3. The van der Waals surface area contributed by atoms with Gasteiger partial charge in [-0.25, -0.2) is 14.6 Å². The van der Waals surface area contributed by atoms with Gasteiger partial charge in [0.15, 0.2) is 0 Å². The highest BCUT2D eigenvalue weighted by molar-refractivity contribution is 8.00. The van der Waals surface area contributed by atoms with Crippen LogP contribution in [-0.2, 0) is 11.3 Å². The highest BCUT2D eigenvalue weighted by atomic mass is 32.2. The summed E-state index contributed by atoms with van der Waals surface area (Å²) in [6.45, 7) is 4.33. The number of hydrogen-bond donors (Lipinski definition) is 2. The Morgan fingerprint density at radius 2 is 2.33 bits per heavy atom. The molecule has 2 amide bonds. The average molecular weight is 329 g/mol. The SMILES string of the molecule is CCCC1SCC(C(=O)O)N1C(=O)NCc1cnc(C)s1. The minimum Gasteiger partial charge on any atom is -0.480 e. The topological polar surface area (TPSA) is 82.5 Å². The van der Waals surface area contributed by atoms with Crippen LogP contribution < -0.4 is 5.32 Å². The summed E-state index contributed by atoms with van der Waals surface area (Å²) in [6, 6.07) is -1.05. The Morgan fingerprint density at radius 3 is 2.90 bits per heavy atom. The van der Waals surface area contributed by atoms with Crippen molar-refractivity contribution < 1.29 is 14.7 Å². The minimum atomic E-state index is -0.940. The molecule has 0 aromatic carbocycles. The number of carbonyl (C=O) groups is 2. The second-order valence-electron chi connectivity index (χ2n) is 4.84. The first-order valence-electron chi connectivity index (χ1n) is 6.84. The molecule has 2 unspecified atom stereocenters. The van der Waals surface area contributed by atoms with Crippen LogP contribution in [0.3, 0.4) is 0 Å². The number of thioether (sulfide) groups is 1. The number of urea groups is 1. The molecule has 21 heavy (non-hydrogen) atoms. The van der Waals surface area contributed by atoms with Gasteiger partial charge >= 0.3 is 12.0 Å². The van der Waals surface area contributed by atoms with Crippen LogP contribution in [0.5, 0.6) is 0 Å². The molecular weight excluding hydrogens is 310 g/mol. The fourth-order valence-corrected chi connectivity index (χ4v) is 4.48. The number of rotatable bonds is 5. The predicted molar refractivity (Wildman–Crippen MR) is 83.5 cm³/mol. The fourth-order valence-electron chi connectivity index (χ4n) is 2.24. The van der Waals surface area contributed by atoms with Crippen LogP contribution in [0.4, 0.5) is 4.79 Å². The van der Waals surface area contributed by atoms with Gasteiger partial charge in [-0.05, 0) is 13.3 Å². The maximum atomic E-state index is 12.3. The molecule has 1 aromatic rings. The number of thiazole rings is 1.